The number of nitrogens with one attached hydrogen (secondary N) is 1. The topological polar surface area (TPSA) is 107 Å². The number of anilines is 2. The first-order valence-corrected chi connectivity index (χ1v) is 10.7. The van der Waals surface area contributed by atoms with Crippen molar-refractivity contribution < 1.29 is 9.53 Å². The van der Waals surface area contributed by atoms with Crippen LogP contribution in [-0.4, -0.2) is 33.9 Å². The Morgan fingerprint density at radius 2 is 1.79 bits per heavy atom. The summed E-state index contributed by atoms with van der Waals surface area (Å²) in [4.78, 5) is 22.7. The van der Waals surface area contributed by atoms with Crippen molar-refractivity contribution in [3.63, 3.8) is 0 Å². The van der Waals surface area contributed by atoms with Crippen molar-refractivity contribution in [2.24, 2.45) is 5.10 Å². The van der Waals surface area contributed by atoms with Gasteiger partial charge < -0.3 is 15.8 Å². The summed E-state index contributed by atoms with van der Waals surface area (Å²) < 4.78 is 6.73. The minimum absolute atomic E-state index is 0.148. The van der Waals surface area contributed by atoms with Crippen LogP contribution in [0.5, 0.6) is 5.75 Å². The van der Waals surface area contributed by atoms with Gasteiger partial charge in [-0.05, 0) is 54.4 Å². The van der Waals surface area contributed by atoms with Crippen molar-refractivity contribution in [3.05, 3.63) is 89.5 Å². The molecular formula is C26H22N6O2. The van der Waals surface area contributed by atoms with Gasteiger partial charge in [-0.2, -0.15) is 9.78 Å². The van der Waals surface area contributed by atoms with Crippen LogP contribution in [0.1, 0.15) is 21.5 Å². The summed E-state index contributed by atoms with van der Waals surface area (Å²) in [6, 6.07) is 22.4. The molecule has 168 valence electrons. The number of nitrogens with zero attached hydrogens (tertiary/aromatic N) is 4. The molecule has 0 atom stereocenters. The van der Waals surface area contributed by atoms with Crippen LogP contribution < -0.4 is 15.8 Å². The van der Waals surface area contributed by atoms with Crippen LogP contribution in [0.15, 0.2) is 77.9 Å². The Balaban J connectivity index is 1.65. The lowest BCUT2D eigenvalue weighted by atomic mass is 10.2. The minimum Gasteiger partial charge on any atom is -0.497 e. The van der Waals surface area contributed by atoms with E-state index in [0.29, 0.717) is 33.6 Å². The number of rotatable bonds is 5. The molecule has 0 bridgehead atoms. The largest absolute Gasteiger partial charge is 0.497 e. The number of benzene rings is 3. The van der Waals surface area contributed by atoms with Gasteiger partial charge in [0.25, 0.3) is 5.91 Å². The fraction of sp³-hybridized carbons (Fsp3) is 0.0769. The average Bonchev–Trinajstić information content (AvgIpc) is 3.11. The smallest absolute Gasteiger partial charge is 0.261 e. The first kappa shape index (κ1) is 21.1. The van der Waals surface area contributed by atoms with Gasteiger partial charge in [-0.15, -0.1) is 0 Å². The molecule has 0 aliphatic heterocycles. The van der Waals surface area contributed by atoms with E-state index in [1.807, 2.05) is 79.7 Å². The number of nitrogen functional groups attached to an aromatic ring is 1. The molecule has 1 amide bonds. The Bertz CT molecular complexity index is 1570. The van der Waals surface area contributed by atoms with Crippen molar-refractivity contribution in [1.29, 1.82) is 0 Å². The molecule has 0 fully saturated rings. The number of carbonyl (C=O) groups is 1. The predicted octanol–water partition coefficient (Wildman–Crippen LogP) is 4.62. The van der Waals surface area contributed by atoms with E-state index in [-0.39, 0.29) is 17.3 Å². The van der Waals surface area contributed by atoms with Crippen molar-refractivity contribution >= 4 is 45.8 Å². The molecule has 0 aliphatic rings. The van der Waals surface area contributed by atoms with Gasteiger partial charge in [0, 0.05) is 5.69 Å². The lowest BCUT2D eigenvalue weighted by molar-refractivity contribution is 0.102. The molecule has 0 aliphatic carbocycles. The average molecular weight is 451 g/mol. The summed E-state index contributed by atoms with van der Waals surface area (Å²) in [6.07, 6.45) is 1.64. The van der Waals surface area contributed by atoms with E-state index in [4.69, 9.17) is 20.4 Å². The maximum absolute atomic E-state index is 13.3. The Labute approximate surface area is 195 Å². The molecule has 8 nitrogen and oxygen atoms in total. The highest BCUT2D eigenvalue weighted by Crippen LogP contribution is 2.29. The first-order chi connectivity index (χ1) is 16.5. The number of para-hydroxylation sites is 2. The Morgan fingerprint density at radius 3 is 2.56 bits per heavy atom. The molecule has 5 aromatic rings. The summed E-state index contributed by atoms with van der Waals surface area (Å²) in [5.41, 5.74) is 11.3. The van der Waals surface area contributed by atoms with Crippen LogP contribution in [0, 0.1) is 6.92 Å². The molecule has 3 aromatic carbocycles. The van der Waals surface area contributed by atoms with E-state index in [0.717, 1.165) is 11.1 Å². The van der Waals surface area contributed by atoms with Crippen LogP contribution in [0.3, 0.4) is 0 Å². The van der Waals surface area contributed by atoms with Gasteiger partial charge in [0.05, 0.1) is 24.4 Å². The number of ether oxygens (including phenoxy) is 1. The zero-order valence-corrected chi connectivity index (χ0v) is 18.7. The summed E-state index contributed by atoms with van der Waals surface area (Å²) in [7, 11) is 1.60. The Morgan fingerprint density at radius 1 is 1.03 bits per heavy atom. The number of aromatic nitrogens is 3. The van der Waals surface area contributed by atoms with Crippen LogP contribution >= 0.6 is 0 Å². The fourth-order valence-corrected chi connectivity index (χ4v) is 3.75. The maximum atomic E-state index is 13.3. The van der Waals surface area contributed by atoms with Gasteiger partial charge >= 0.3 is 0 Å². The summed E-state index contributed by atoms with van der Waals surface area (Å²) >= 11 is 0. The molecule has 8 heteroatoms. The predicted molar refractivity (Wildman–Crippen MR) is 135 cm³/mol. The number of carbonyl (C=O) groups excluding carboxylic acids is 1. The van der Waals surface area contributed by atoms with Crippen LogP contribution in [0.25, 0.3) is 22.2 Å². The second-order valence-corrected chi connectivity index (χ2v) is 7.80. The van der Waals surface area contributed by atoms with Crippen molar-refractivity contribution in [1.82, 2.24) is 14.6 Å². The zero-order chi connectivity index (χ0) is 23.7. The number of fused-ring (bicyclic) bond motifs is 2. The number of methoxy groups -OCH3 is 1. The maximum Gasteiger partial charge on any atom is 0.261 e. The molecule has 0 radical (unpaired) electrons. The molecule has 5 rings (SSSR count). The molecule has 2 aromatic heterocycles. The van der Waals surface area contributed by atoms with E-state index >= 15 is 0 Å². The highest BCUT2D eigenvalue weighted by atomic mass is 16.5. The molecule has 0 spiro atoms. The first-order valence-electron chi connectivity index (χ1n) is 10.7. The van der Waals surface area contributed by atoms with Gasteiger partial charge in [-0.1, -0.05) is 36.4 Å². The molecule has 0 unspecified atom stereocenters. The highest BCUT2D eigenvalue weighted by Gasteiger charge is 2.24. The Kier molecular flexibility index (Phi) is 5.39. The monoisotopic (exact) mass is 450 g/mol. The van der Waals surface area contributed by atoms with Gasteiger partial charge in [0.2, 0.25) is 0 Å². The summed E-state index contributed by atoms with van der Waals surface area (Å²) in [6.45, 7) is 1.96. The quantitative estimate of drug-likeness (QED) is 0.380. The Hall–Kier alpha value is -4.72. The molecule has 0 saturated heterocycles. The second-order valence-electron chi connectivity index (χ2n) is 7.80. The van der Waals surface area contributed by atoms with Gasteiger partial charge in [-0.25, -0.2) is 9.97 Å². The third-order valence-electron chi connectivity index (χ3n) is 5.39. The fourth-order valence-electron chi connectivity index (χ4n) is 3.75. The van der Waals surface area contributed by atoms with Gasteiger partial charge in [0.1, 0.15) is 22.6 Å². The molecule has 34 heavy (non-hydrogen) atoms. The number of hydrogen-bond acceptors (Lipinski definition) is 6. The number of nitrogens with two attached hydrogens (primary N) is 1. The molecule has 0 saturated carbocycles. The summed E-state index contributed by atoms with van der Waals surface area (Å²) in [5.74, 6) is 0.473. The van der Waals surface area contributed by atoms with Gasteiger partial charge in [0.15, 0.2) is 5.65 Å². The minimum atomic E-state index is -0.381. The van der Waals surface area contributed by atoms with E-state index in [2.05, 4.69) is 10.4 Å². The SMILES string of the molecule is COc1cccc(/C=N/n2c(N)c(C(=O)Nc3cccc(C)c3)c3nc4ccccc4nc32)c1. The number of amides is 1. The number of aryl methyl sites for hydroxylation is 1. The van der Waals surface area contributed by atoms with E-state index in [1.165, 1.54) is 4.68 Å². The second kappa shape index (κ2) is 8.67. The molecule has 2 heterocycles. The van der Waals surface area contributed by atoms with E-state index < -0.39 is 0 Å². The molecule has 3 N–H and O–H groups in total. The van der Waals surface area contributed by atoms with E-state index in [1.54, 1.807) is 13.3 Å². The standard InChI is InChI=1S/C26H22N6O2/c1-16-7-5-9-18(13-16)29-26(33)22-23-25(31-21-12-4-3-11-20(21)30-23)32(24(22)27)28-15-17-8-6-10-19(14-17)34-2/h3-15H,27H2,1-2H3,(H,29,33)/b28-15+. The summed E-state index contributed by atoms with van der Waals surface area (Å²) in [5, 5.41) is 7.45. The lowest BCUT2D eigenvalue weighted by Crippen LogP contribution is -2.14. The van der Waals surface area contributed by atoms with Crippen LogP contribution in [-0.2, 0) is 0 Å². The third kappa shape index (κ3) is 3.93. The normalized spacial score (nSPS) is 11.4. The lowest BCUT2D eigenvalue weighted by Gasteiger charge is -2.06. The highest BCUT2D eigenvalue weighted by molar-refractivity contribution is 6.16. The van der Waals surface area contributed by atoms with Crippen LogP contribution in [0.2, 0.25) is 0 Å². The van der Waals surface area contributed by atoms with Crippen molar-refractivity contribution in [2.45, 2.75) is 6.92 Å². The van der Waals surface area contributed by atoms with Gasteiger partial charge in [-0.3, -0.25) is 4.79 Å². The van der Waals surface area contributed by atoms with Crippen molar-refractivity contribution in [3.8, 4) is 5.75 Å². The van der Waals surface area contributed by atoms with Crippen LogP contribution in [0.4, 0.5) is 11.5 Å². The molecular weight excluding hydrogens is 428 g/mol. The zero-order valence-electron chi connectivity index (χ0n) is 18.7. The van der Waals surface area contributed by atoms with E-state index in [9.17, 15) is 4.79 Å². The third-order valence-corrected chi connectivity index (χ3v) is 5.39. The number of hydrogen-bond donors (Lipinski definition) is 2. The van der Waals surface area contributed by atoms with Crippen molar-refractivity contribution in [2.75, 3.05) is 18.2 Å².